The third-order valence-electron chi connectivity index (χ3n) is 4.13. The van der Waals surface area contributed by atoms with E-state index in [1.807, 2.05) is 36.4 Å². The van der Waals surface area contributed by atoms with Crippen molar-refractivity contribution in [1.29, 1.82) is 0 Å². The van der Waals surface area contributed by atoms with Crippen LogP contribution in [0.2, 0.25) is 0 Å². The van der Waals surface area contributed by atoms with Crippen LogP contribution in [0, 0.1) is 0 Å². The maximum Gasteiger partial charge on any atom is 0.143 e. The lowest BCUT2D eigenvalue weighted by Crippen LogP contribution is -2.17. The molecule has 0 saturated carbocycles. The fourth-order valence-corrected chi connectivity index (χ4v) is 2.84. The summed E-state index contributed by atoms with van der Waals surface area (Å²) in [6.45, 7) is 6.63. The summed E-state index contributed by atoms with van der Waals surface area (Å²) in [5.41, 5.74) is 3.51. The van der Waals surface area contributed by atoms with Crippen molar-refractivity contribution in [2.24, 2.45) is 0 Å². The molecule has 0 bridgehead atoms. The molecule has 0 aliphatic heterocycles. The molecule has 2 aromatic carbocycles. The van der Waals surface area contributed by atoms with Gasteiger partial charge in [-0.15, -0.1) is 15.0 Å². The third-order valence-corrected chi connectivity index (χ3v) is 4.13. The maximum absolute atomic E-state index is 10.2. The van der Waals surface area contributed by atoms with E-state index in [-0.39, 0.29) is 11.2 Å². The van der Waals surface area contributed by atoms with Crippen LogP contribution in [-0.4, -0.2) is 20.1 Å². The highest BCUT2D eigenvalue weighted by Crippen LogP contribution is 2.32. The molecular weight excluding hydrogens is 274 g/mol. The molecule has 0 atom stereocenters. The number of nitrogens with zero attached hydrogens (tertiary/aromatic N) is 3. The Bertz CT molecular complexity index is 772. The van der Waals surface area contributed by atoms with Crippen LogP contribution in [0.5, 0.6) is 5.75 Å². The molecule has 0 unspecified atom stereocenters. The van der Waals surface area contributed by atoms with Crippen molar-refractivity contribution in [3.8, 4) is 11.4 Å². The first-order valence-electron chi connectivity index (χ1n) is 7.67. The standard InChI is InChI=1S/C18H21N3O/c1-4-11-18(2,3)13-9-10-17(22)16(12-13)21-19-14-7-5-6-8-15(14)20-21/h5-10,12,22H,4,11H2,1-3H3. The summed E-state index contributed by atoms with van der Waals surface area (Å²) in [4.78, 5) is 1.52. The number of hydrogen-bond acceptors (Lipinski definition) is 3. The average Bonchev–Trinajstić information content (AvgIpc) is 2.91. The molecule has 0 spiro atoms. The Balaban J connectivity index is 2.10. The SMILES string of the molecule is CCCC(C)(C)c1ccc(O)c(-n2nc3ccccc3n2)c1. The van der Waals surface area contributed by atoms with Crippen LogP contribution in [0.25, 0.3) is 16.7 Å². The van der Waals surface area contributed by atoms with Crippen LogP contribution in [0.1, 0.15) is 39.2 Å². The largest absolute Gasteiger partial charge is 0.506 e. The molecular formula is C18H21N3O. The van der Waals surface area contributed by atoms with Gasteiger partial charge in [0, 0.05) is 0 Å². The molecule has 22 heavy (non-hydrogen) atoms. The third kappa shape index (κ3) is 2.56. The van der Waals surface area contributed by atoms with E-state index in [0.29, 0.717) is 5.69 Å². The molecule has 114 valence electrons. The Morgan fingerprint density at radius 1 is 1.05 bits per heavy atom. The van der Waals surface area contributed by atoms with Gasteiger partial charge in [0.2, 0.25) is 0 Å². The lowest BCUT2D eigenvalue weighted by atomic mass is 9.80. The second-order valence-electron chi connectivity index (χ2n) is 6.32. The molecule has 3 rings (SSSR count). The Hall–Kier alpha value is -2.36. The van der Waals surface area contributed by atoms with Gasteiger partial charge in [-0.25, -0.2) is 0 Å². The maximum atomic E-state index is 10.2. The molecule has 1 aromatic heterocycles. The fraction of sp³-hybridized carbons (Fsp3) is 0.333. The van der Waals surface area contributed by atoms with Gasteiger partial charge in [-0.2, -0.15) is 0 Å². The van der Waals surface area contributed by atoms with Crippen molar-refractivity contribution in [2.45, 2.75) is 39.0 Å². The first-order chi connectivity index (χ1) is 10.5. The van der Waals surface area contributed by atoms with Gasteiger partial charge in [-0.05, 0) is 41.7 Å². The zero-order valence-corrected chi connectivity index (χ0v) is 13.2. The lowest BCUT2D eigenvalue weighted by molar-refractivity contribution is 0.457. The summed E-state index contributed by atoms with van der Waals surface area (Å²) in [5.74, 6) is 0.191. The first kappa shape index (κ1) is 14.6. The Kier molecular flexibility index (Phi) is 3.61. The Morgan fingerprint density at radius 3 is 2.27 bits per heavy atom. The normalized spacial score (nSPS) is 12.0. The molecule has 4 nitrogen and oxygen atoms in total. The van der Waals surface area contributed by atoms with Crippen molar-refractivity contribution in [2.75, 3.05) is 0 Å². The summed E-state index contributed by atoms with van der Waals surface area (Å²) in [6, 6.07) is 13.4. The Morgan fingerprint density at radius 2 is 1.68 bits per heavy atom. The number of benzene rings is 2. The minimum atomic E-state index is 0.0593. The predicted molar refractivity (Wildman–Crippen MR) is 88.5 cm³/mol. The quantitative estimate of drug-likeness (QED) is 0.784. The number of aromatic nitrogens is 3. The molecule has 3 aromatic rings. The summed E-state index contributed by atoms with van der Waals surface area (Å²) < 4.78 is 0. The number of phenols is 1. The number of fused-ring (bicyclic) bond motifs is 1. The highest BCUT2D eigenvalue weighted by atomic mass is 16.3. The van der Waals surface area contributed by atoms with Gasteiger partial charge < -0.3 is 5.11 Å². The van der Waals surface area contributed by atoms with Gasteiger partial charge in [-0.3, -0.25) is 0 Å². The second kappa shape index (κ2) is 5.44. The number of aromatic hydroxyl groups is 1. The molecule has 0 saturated heterocycles. The van der Waals surface area contributed by atoms with E-state index in [1.165, 1.54) is 10.4 Å². The summed E-state index contributed by atoms with van der Waals surface area (Å²) in [5, 5.41) is 19.1. The van der Waals surface area contributed by atoms with Crippen LogP contribution in [0.15, 0.2) is 42.5 Å². The van der Waals surface area contributed by atoms with Gasteiger partial charge in [0.15, 0.2) is 0 Å². The number of rotatable bonds is 4. The smallest absolute Gasteiger partial charge is 0.143 e. The topological polar surface area (TPSA) is 50.9 Å². The highest BCUT2D eigenvalue weighted by Gasteiger charge is 2.21. The molecule has 0 aliphatic carbocycles. The van der Waals surface area contributed by atoms with Crippen molar-refractivity contribution < 1.29 is 5.11 Å². The summed E-state index contributed by atoms with van der Waals surface area (Å²) >= 11 is 0. The van der Waals surface area contributed by atoms with Crippen LogP contribution in [-0.2, 0) is 5.41 Å². The molecule has 1 N–H and O–H groups in total. The van der Waals surface area contributed by atoms with Crippen molar-refractivity contribution in [3.63, 3.8) is 0 Å². The average molecular weight is 295 g/mol. The summed E-state index contributed by atoms with van der Waals surface area (Å²) in [7, 11) is 0. The molecule has 4 heteroatoms. The van der Waals surface area contributed by atoms with E-state index in [0.717, 1.165) is 23.9 Å². The fourth-order valence-electron chi connectivity index (χ4n) is 2.84. The van der Waals surface area contributed by atoms with Crippen LogP contribution < -0.4 is 0 Å². The first-order valence-corrected chi connectivity index (χ1v) is 7.67. The summed E-state index contributed by atoms with van der Waals surface area (Å²) in [6.07, 6.45) is 2.21. The van der Waals surface area contributed by atoms with Crippen LogP contribution >= 0.6 is 0 Å². The molecule has 0 fully saturated rings. The Labute approximate surface area is 130 Å². The van der Waals surface area contributed by atoms with Crippen LogP contribution in [0.3, 0.4) is 0 Å². The minimum absolute atomic E-state index is 0.0593. The zero-order valence-electron chi connectivity index (χ0n) is 13.2. The van der Waals surface area contributed by atoms with E-state index >= 15 is 0 Å². The second-order valence-corrected chi connectivity index (χ2v) is 6.32. The van der Waals surface area contributed by atoms with E-state index in [2.05, 4.69) is 31.0 Å². The van der Waals surface area contributed by atoms with Gasteiger partial charge in [0.25, 0.3) is 0 Å². The number of phenolic OH excluding ortho intramolecular Hbond substituents is 1. The number of hydrogen-bond donors (Lipinski definition) is 1. The highest BCUT2D eigenvalue weighted by molar-refractivity contribution is 5.73. The molecule has 1 heterocycles. The van der Waals surface area contributed by atoms with Crippen molar-refractivity contribution >= 4 is 11.0 Å². The van der Waals surface area contributed by atoms with Crippen LogP contribution in [0.4, 0.5) is 0 Å². The van der Waals surface area contributed by atoms with E-state index in [1.54, 1.807) is 6.07 Å². The van der Waals surface area contributed by atoms with Gasteiger partial charge in [0.05, 0.1) is 0 Å². The minimum Gasteiger partial charge on any atom is -0.506 e. The van der Waals surface area contributed by atoms with E-state index < -0.39 is 0 Å². The van der Waals surface area contributed by atoms with Gasteiger partial charge >= 0.3 is 0 Å². The monoisotopic (exact) mass is 295 g/mol. The lowest BCUT2D eigenvalue weighted by Gasteiger charge is -2.25. The van der Waals surface area contributed by atoms with Crippen molar-refractivity contribution in [1.82, 2.24) is 15.0 Å². The molecule has 0 aliphatic rings. The zero-order chi connectivity index (χ0) is 15.7. The van der Waals surface area contributed by atoms with E-state index in [4.69, 9.17) is 0 Å². The van der Waals surface area contributed by atoms with Gasteiger partial charge in [-0.1, -0.05) is 45.4 Å². The van der Waals surface area contributed by atoms with Crippen molar-refractivity contribution in [3.05, 3.63) is 48.0 Å². The van der Waals surface area contributed by atoms with E-state index in [9.17, 15) is 5.11 Å². The molecule has 0 amide bonds. The van der Waals surface area contributed by atoms with Gasteiger partial charge in [0.1, 0.15) is 22.5 Å². The molecule has 0 radical (unpaired) electrons. The predicted octanol–water partition coefficient (Wildman–Crippen LogP) is 4.20.